The molecule has 0 bridgehead atoms. The van der Waals surface area contributed by atoms with Gasteiger partial charge in [0.05, 0.1) is 7.11 Å². The maximum atomic E-state index is 12.1. The summed E-state index contributed by atoms with van der Waals surface area (Å²) < 4.78 is 32.0. The van der Waals surface area contributed by atoms with Gasteiger partial charge < -0.3 is 10.1 Å². The first kappa shape index (κ1) is 14.5. The number of ether oxygens (including phenoxy) is 1. The number of methoxy groups -OCH3 is 1. The van der Waals surface area contributed by atoms with Crippen molar-refractivity contribution >= 4 is 16.3 Å². The highest BCUT2D eigenvalue weighted by Gasteiger charge is 2.39. The van der Waals surface area contributed by atoms with Crippen molar-refractivity contribution in [3.63, 3.8) is 0 Å². The fourth-order valence-electron chi connectivity index (χ4n) is 2.35. The average Bonchev–Trinajstić information content (AvgIpc) is 3.20. The number of hydrogen-bond acceptors (Lipinski definition) is 5. The highest BCUT2D eigenvalue weighted by atomic mass is 32.2. The van der Waals surface area contributed by atoms with Crippen LogP contribution in [0.2, 0.25) is 0 Å². The molecule has 0 aromatic carbocycles. The zero-order valence-corrected chi connectivity index (χ0v) is 11.9. The lowest BCUT2D eigenvalue weighted by atomic mass is 10.00. The fraction of sp³-hybridized carbons (Fsp3) is 0.909. The second kappa shape index (κ2) is 6.06. The summed E-state index contributed by atoms with van der Waals surface area (Å²) in [6.45, 7) is 2.29. The number of carbonyl (C=O) groups is 1. The number of piperidine rings is 1. The summed E-state index contributed by atoms with van der Waals surface area (Å²) in [6, 6.07) is 0.0316. The third-order valence-electron chi connectivity index (χ3n) is 3.50. The molecule has 2 N–H and O–H groups in total. The number of nitrogens with one attached hydrogen (secondary N) is 2. The highest BCUT2D eigenvalue weighted by Crippen LogP contribution is 2.30. The lowest BCUT2D eigenvalue weighted by Gasteiger charge is -2.29. The van der Waals surface area contributed by atoms with Crippen molar-refractivity contribution in [2.45, 2.75) is 31.7 Å². The number of carbonyl (C=O) groups excluding carboxylic acids is 1. The lowest BCUT2D eigenvalue weighted by Crippen LogP contribution is -2.48. The van der Waals surface area contributed by atoms with Crippen LogP contribution in [0.25, 0.3) is 0 Å². The molecule has 2 fully saturated rings. The Hall–Kier alpha value is -0.860. The van der Waals surface area contributed by atoms with Crippen molar-refractivity contribution in [3.05, 3.63) is 0 Å². The maximum Gasteiger partial charge on any atom is 0.421 e. The van der Waals surface area contributed by atoms with Gasteiger partial charge in [0.15, 0.2) is 0 Å². The van der Waals surface area contributed by atoms with Crippen LogP contribution in [0.5, 0.6) is 0 Å². The normalized spacial score (nSPS) is 24.2. The Morgan fingerprint density at radius 1 is 1.42 bits per heavy atom. The molecule has 7 nitrogen and oxygen atoms in total. The van der Waals surface area contributed by atoms with Gasteiger partial charge in [-0.2, -0.15) is 12.7 Å². The molecule has 1 heterocycles. The predicted molar refractivity (Wildman–Crippen MR) is 69.8 cm³/mol. The van der Waals surface area contributed by atoms with Gasteiger partial charge in [-0.1, -0.05) is 0 Å². The Balaban J connectivity index is 2.00. The summed E-state index contributed by atoms with van der Waals surface area (Å²) in [6.07, 6.45) is 2.87. The average molecular weight is 291 g/mol. The number of rotatable bonds is 5. The first-order chi connectivity index (χ1) is 9.03. The Bertz CT molecular complexity index is 416. The molecule has 2 rings (SSSR count). The molecule has 1 aliphatic carbocycles. The molecule has 1 saturated carbocycles. The van der Waals surface area contributed by atoms with Gasteiger partial charge in [0.25, 0.3) is 0 Å². The van der Waals surface area contributed by atoms with Crippen molar-refractivity contribution in [1.29, 1.82) is 0 Å². The molecule has 2 aliphatic rings. The molecule has 8 heteroatoms. The highest BCUT2D eigenvalue weighted by molar-refractivity contribution is 7.87. The molecule has 1 atom stereocenters. The van der Waals surface area contributed by atoms with E-state index in [0.29, 0.717) is 12.5 Å². The fourth-order valence-corrected chi connectivity index (χ4v) is 3.77. The SMILES string of the molecule is COC(=O)NS(=O)(=O)N(CC1CCCNC1)C1CC1. The molecule has 0 spiro atoms. The summed E-state index contributed by atoms with van der Waals surface area (Å²) in [5.74, 6) is 0.309. The van der Waals surface area contributed by atoms with Crippen molar-refractivity contribution in [2.24, 2.45) is 5.92 Å². The molecule has 1 unspecified atom stereocenters. The molecular formula is C11H21N3O4S. The van der Waals surface area contributed by atoms with Crippen molar-refractivity contribution in [2.75, 3.05) is 26.7 Å². The van der Waals surface area contributed by atoms with Gasteiger partial charge in [-0.05, 0) is 44.7 Å². The van der Waals surface area contributed by atoms with E-state index in [1.807, 2.05) is 4.72 Å². The zero-order valence-electron chi connectivity index (χ0n) is 11.1. The summed E-state index contributed by atoms with van der Waals surface area (Å²) >= 11 is 0. The van der Waals surface area contributed by atoms with E-state index in [2.05, 4.69) is 10.1 Å². The molecular weight excluding hydrogens is 270 g/mol. The van der Waals surface area contributed by atoms with Crippen LogP contribution in [0.1, 0.15) is 25.7 Å². The van der Waals surface area contributed by atoms with Gasteiger partial charge in [-0.15, -0.1) is 0 Å². The van der Waals surface area contributed by atoms with Gasteiger partial charge in [0, 0.05) is 12.6 Å². The van der Waals surface area contributed by atoms with Crippen LogP contribution in [0.4, 0.5) is 4.79 Å². The molecule has 1 aliphatic heterocycles. The summed E-state index contributed by atoms with van der Waals surface area (Å²) in [5.41, 5.74) is 0. The van der Waals surface area contributed by atoms with Crippen LogP contribution >= 0.6 is 0 Å². The summed E-state index contributed by atoms with van der Waals surface area (Å²) in [4.78, 5) is 11.1. The van der Waals surface area contributed by atoms with E-state index in [1.165, 1.54) is 4.31 Å². The second-order valence-electron chi connectivity index (χ2n) is 5.11. The minimum absolute atomic E-state index is 0.0316. The smallest absolute Gasteiger partial charge is 0.421 e. The van der Waals surface area contributed by atoms with Crippen molar-refractivity contribution in [3.8, 4) is 0 Å². The first-order valence-corrected chi connectivity index (χ1v) is 8.05. The Kier molecular flexibility index (Phi) is 4.64. The van der Waals surface area contributed by atoms with E-state index in [4.69, 9.17) is 0 Å². The molecule has 0 aromatic heterocycles. The van der Waals surface area contributed by atoms with Crippen molar-refractivity contribution in [1.82, 2.24) is 14.3 Å². The van der Waals surface area contributed by atoms with E-state index in [0.717, 1.165) is 45.9 Å². The van der Waals surface area contributed by atoms with Gasteiger partial charge in [-0.3, -0.25) is 0 Å². The Labute approximate surface area is 113 Å². The predicted octanol–water partition coefficient (Wildman–Crippen LogP) is 0.0512. The molecule has 1 saturated heterocycles. The molecule has 1 amide bonds. The van der Waals surface area contributed by atoms with Crippen LogP contribution in [-0.2, 0) is 14.9 Å². The molecule has 110 valence electrons. The minimum Gasteiger partial charge on any atom is -0.452 e. The standard InChI is InChI=1S/C11H21N3O4S/c1-18-11(15)13-19(16,17)14(10-4-5-10)8-9-3-2-6-12-7-9/h9-10,12H,2-8H2,1H3,(H,13,15). The Morgan fingerprint density at radius 2 is 2.16 bits per heavy atom. The number of amides is 1. The largest absolute Gasteiger partial charge is 0.452 e. The lowest BCUT2D eigenvalue weighted by molar-refractivity contribution is 0.176. The summed E-state index contributed by atoms with van der Waals surface area (Å²) in [7, 11) is -2.64. The first-order valence-electron chi connectivity index (χ1n) is 6.61. The van der Waals surface area contributed by atoms with E-state index in [-0.39, 0.29) is 6.04 Å². The third kappa shape index (κ3) is 4.05. The van der Waals surface area contributed by atoms with Crippen LogP contribution in [0.3, 0.4) is 0 Å². The Morgan fingerprint density at radius 3 is 2.68 bits per heavy atom. The monoisotopic (exact) mass is 291 g/mol. The van der Waals surface area contributed by atoms with E-state index in [1.54, 1.807) is 0 Å². The second-order valence-corrected chi connectivity index (χ2v) is 6.74. The van der Waals surface area contributed by atoms with Gasteiger partial charge in [-0.25, -0.2) is 9.52 Å². The van der Waals surface area contributed by atoms with Gasteiger partial charge >= 0.3 is 16.3 Å². The maximum absolute atomic E-state index is 12.1. The van der Waals surface area contributed by atoms with Crippen LogP contribution in [0, 0.1) is 5.92 Å². The van der Waals surface area contributed by atoms with Crippen molar-refractivity contribution < 1.29 is 17.9 Å². The minimum atomic E-state index is -3.79. The molecule has 0 radical (unpaired) electrons. The van der Waals surface area contributed by atoms with Crippen LogP contribution in [-0.4, -0.2) is 51.6 Å². The zero-order chi connectivity index (χ0) is 13.9. The van der Waals surface area contributed by atoms with Crippen LogP contribution < -0.4 is 10.0 Å². The van der Waals surface area contributed by atoms with E-state index >= 15 is 0 Å². The number of nitrogens with zero attached hydrogens (tertiary/aromatic N) is 1. The molecule has 19 heavy (non-hydrogen) atoms. The van der Waals surface area contributed by atoms with E-state index < -0.39 is 16.3 Å². The summed E-state index contributed by atoms with van der Waals surface area (Å²) in [5, 5.41) is 3.27. The van der Waals surface area contributed by atoms with Gasteiger partial charge in [0.1, 0.15) is 0 Å². The quantitative estimate of drug-likeness (QED) is 0.747. The molecule has 0 aromatic rings. The number of hydrogen-bond donors (Lipinski definition) is 2. The van der Waals surface area contributed by atoms with Gasteiger partial charge in [0.2, 0.25) is 0 Å². The topological polar surface area (TPSA) is 87.7 Å². The van der Waals surface area contributed by atoms with E-state index in [9.17, 15) is 13.2 Å². The van der Waals surface area contributed by atoms with Crippen LogP contribution in [0.15, 0.2) is 0 Å². The third-order valence-corrected chi connectivity index (χ3v) is 4.99.